The van der Waals surface area contributed by atoms with Crippen molar-refractivity contribution in [3.8, 4) is 5.75 Å². The Morgan fingerprint density at radius 2 is 1.28 bits per heavy atom. The summed E-state index contributed by atoms with van der Waals surface area (Å²) in [5.41, 5.74) is 0.844. The van der Waals surface area contributed by atoms with E-state index in [9.17, 15) is 4.55 Å². The molecule has 0 heterocycles. The molecule has 0 aliphatic heterocycles. The Bertz CT molecular complexity index is 783. The smallest absolute Gasteiger partial charge is 0.158 e. The molecule has 3 aromatic carbocycles. The van der Waals surface area contributed by atoms with Crippen LogP contribution in [0.2, 0.25) is 0 Å². The minimum atomic E-state index is -1.14. The maximum Gasteiger partial charge on any atom is 0.158 e. The van der Waals surface area contributed by atoms with Gasteiger partial charge in [-0.15, -0.1) is 0 Å². The van der Waals surface area contributed by atoms with Gasteiger partial charge in [-0.25, -0.2) is 0 Å². The molecule has 3 rings (SSSR count). The Morgan fingerprint density at radius 3 is 1.88 bits per heavy atom. The fraction of sp³-hybridized carbons (Fsp3) is 0.182. The third-order valence-electron chi connectivity index (χ3n) is 3.86. The van der Waals surface area contributed by atoms with E-state index in [4.69, 9.17) is 4.74 Å². The summed E-state index contributed by atoms with van der Waals surface area (Å²) in [4.78, 5) is 1.64. The van der Waals surface area contributed by atoms with Crippen molar-refractivity contribution in [1.82, 2.24) is 0 Å². The van der Waals surface area contributed by atoms with Crippen LogP contribution in [-0.2, 0) is 17.6 Å². The summed E-state index contributed by atoms with van der Waals surface area (Å²) in [6, 6.07) is 27.3. The van der Waals surface area contributed by atoms with Gasteiger partial charge in [0.25, 0.3) is 0 Å². The van der Waals surface area contributed by atoms with Gasteiger partial charge in [-0.1, -0.05) is 48.5 Å². The van der Waals surface area contributed by atoms with Crippen LogP contribution in [0.25, 0.3) is 0 Å². The molecular weight excluding hydrogens is 328 g/mol. The largest absolute Gasteiger partial charge is 0.606 e. The van der Waals surface area contributed by atoms with Crippen LogP contribution in [0.3, 0.4) is 0 Å². The second-order valence-corrected chi connectivity index (χ2v) is 8.06. The molecule has 0 aliphatic carbocycles. The maximum atomic E-state index is 12.6. The monoisotopic (exact) mass is 350 g/mol. The Hall–Kier alpha value is -2.23. The van der Waals surface area contributed by atoms with Gasteiger partial charge in [0.05, 0.1) is 0 Å². The first-order valence-electron chi connectivity index (χ1n) is 8.33. The van der Waals surface area contributed by atoms with Crippen LogP contribution in [0, 0.1) is 0 Å². The first kappa shape index (κ1) is 17.6. The van der Waals surface area contributed by atoms with Crippen LogP contribution in [0.15, 0.2) is 94.7 Å². The van der Waals surface area contributed by atoms with Crippen molar-refractivity contribution in [2.75, 3.05) is 0 Å². The third-order valence-corrected chi connectivity index (χ3v) is 5.26. The third kappa shape index (κ3) is 4.88. The van der Waals surface area contributed by atoms with Gasteiger partial charge in [0.15, 0.2) is 9.79 Å². The minimum absolute atomic E-state index is 0.318. The van der Waals surface area contributed by atoms with E-state index in [1.165, 1.54) is 0 Å². The zero-order chi connectivity index (χ0) is 17.7. The minimum Gasteiger partial charge on any atom is -0.606 e. The lowest BCUT2D eigenvalue weighted by Gasteiger charge is -2.26. The summed E-state index contributed by atoms with van der Waals surface area (Å²) in [6.07, 6.45) is 0.778. The van der Waals surface area contributed by atoms with E-state index in [0.717, 1.165) is 27.5 Å². The van der Waals surface area contributed by atoms with E-state index in [1.54, 1.807) is 0 Å². The molecule has 25 heavy (non-hydrogen) atoms. The highest BCUT2D eigenvalue weighted by Crippen LogP contribution is 2.24. The summed E-state index contributed by atoms with van der Waals surface area (Å²) in [5, 5.41) is 0. The molecule has 0 amide bonds. The quantitative estimate of drug-likeness (QED) is 0.569. The van der Waals surface area contributed by atoms with Crippen LogP contribution >= 0.6 is 0 Å². The summed E-state index contributed by atoms with van der Waals surface area (Å²) < 4.78 is 18.7. The first-order valence-corrected chi connectivity index (χ1v) is 9.48. The maximum absolute atomic E-state index is 12.6. The molecule has 0 aromatic heterocycles. The molecular formula is C22H22O2S. The lowest BCUT2D eigenvalue weighted by atomic mass is 9.98. The van der Waals surface area contributed by atoms with Gasteiger partial charge in [-0.2, -0.15) is 0 Å². The van der Waals surface area contributed by atoms with Gasteiger partial charge in [0.2, 0.25) is 0 Å². The van der Waals surface area contributed by atoms with Gasteiger partial charge in [-0.05, 0) is 55.8 Å². The standard InChI is InChI=1S/C22H22O2S/c1-22(2,24-19-9-5-3-6-10-19)17-18-13-15-21(16-14-18)25(23)20-11-7-4-8-12-20/h3-16H,17H2,1-2H3. The van der Waals surface area contributed by atoms with Crippen molar-refractivity contribution in [3.63, 3.8) is 0 Å². The second-order valence-electron chi connectivity index (χ2n) is 6.58. The Kier molecular flexibility index (Phi) is 5.47. The number of ether oxygens (including phenoxy) is 1. The summed E-state index contributed by atoms with van der Waals surface area (Å²) >= 11 is -1.14. The molecule has 3 heteroatoms. The lowest BCUT2D eigenvalue weighted by molar-refractivity contribution is 0.110. The van der Waals surface area contributed by atoms with Gasteiger partial charge in [0, 0.05) is 17.6 Å². The lowest BCUT2D eigenvalue weighted by Crippen LogP contribution is -2.30. The van der Waals surface area contributed by atoms with E-state index < -0.39 is 11.2 Å². The average Bonchev–Trinajstić information content (AvgIpc) is 2.62. The molecule has 1 unspecified atom stereocenters. The normalized spacial score (nSPS) is 12.6. The molecule has 0 saturated carbocycles. The molecule has 0 saturated heterocycles. The molecule has 0 spiro atoms. The van der Waals surface area contributed by atoms with Crippen molar-refractivity contribution in [2.45, 2.75) is 35.7 Å². The predicted octanol–water partition coefficient (Wildman–Crippen LogP) is 5.25. The molecule has 0 N–H and O–H groups in total. The van der Waals surface area contributed by atoms with Crippen molar-refractivity contribution in [2.24, 2.45) is 0 Å². The Balaban J connectivity index is 1.68. The Morgan fingerprint density at radius 1 is 0.760 bits per heavy atom. The molecule has 0 fully saturated rings. The zero-order valence-corrected chi connectivity index (χ0v) is 15.3. The van der Waals surface area contributed by atoms with Crippen LogP contribution in [0.1, 0.15) is 19.4 Å². The molecule has 1 atom stereocenters. The Labute approximate surface area is 152 Å². The van der Waals surface area contributed by atoms with Crippen molar-refractivity contribution in [3.05, 3.63) is 90.5 Å². The molecule has 128 valence electrons. The molecule has 0 radical (unpaired) electrons. The molecule has 2 nitrogen and oxygen atoms in total. The van der Waals surface area contributed by atoms with Crippen molar-refractivity contribution >= 4 is 11.2 Å². The van der Waals surface area contributed by atoms with Crippen LogP contribution in [-0.4, -0.2) is 10.2 Å². The van der Waals surface area contributed by atoms with E-state index in [-0.39, 0.29) is 5.60 Å². The predicted molar refractivity (Wildman–Crippen MR) is 102 cm³/mol. The molecule has 3 aromatic rings. The highest BCUT2D eigenvalue weighted by atomic mass is 32.2. The van der Waals surface area contributed by atoms with Gasteiger partial charge in [-0.3, -0.25) is 0 Å². The average molecular weight is 350 g/mol. The number of hydrogen-bond acceptors (Lipinski definition) is 2. The van der Waals surface area contributed by atoms with E-state index in [0.29, 0.717) is 0 Å². The van der Waals surface area contributed by atoms with Gasteiger partial charge < -0.3 is 9.29 Å². The van der Waals surface area contributed by atoms with Gasteiger partial charge >= 0.3 is 0 Å². The topological polar surface area (TPSA) is 32.3 Å². The van der Waals surface area contributed by atoms with Crippen LogP contribution < -0.4 is 4.74 Å². The summed E-state index contributed by atoms with van der Waals surface area (Å²) in [5.74, 6) is 0.870. The van der Waals surface area contributed by atoms with E-state index in [2.05, 4.69) is 13.8 Å². The zero-order valence-electron chi connectivity index (χ0n) is 14.5. The van der Waals surface area contributed by atoms with Crippen molar-refractivity contribution in [1.29, 1.82) is 0 Å². The van der Waals surface area contributed by atoms with E-state index >= 15 is 0 Å². The van der Waals surface area contributed by atoms with Crippen LogP contribution in [0.5, 0.6) is 5.75 Å². The molecule has 0 bridgehead atoms. The van der Waals surface area contributed by atoms with Gasteiger partial charge in [0.1, 0.15) is 11.4 Å². The van der Waals surface area contributed by atoms with Crippen molar-refractivity contribution < 1.29 is 9.29 Å². The highest BCUT2D eigenvalue weighted by Gasteiger charge is 2.21. The number of benzene rings is 3. The number of rotatable bonds is 6. The number of hydrogen-bond donors (Lipinski definition) is 0. The van der Waals surface area contributed by atoms with E-state index in [1.807, 2.05) is 84.9 Å². The van der Waals surface area contributed by atoms with Crippen LogP contribution in [0.4, 0.5) is 0 Å². The SMILES string of the molecule is CC(C)(Cc1ccc([S+]([O-])c2ccccc2)cc1)Oc1ccccc1. The summed E-state index contributed by atoms with van der Waals surface area (Å²) in [6.45, 7) is 4.16. The first-order chi connectivity index (χ1) is 12.0. The fourth-order valence-electron chi connectivity index (χ4n) is 2.75. The second kappa shape index (κ2) is 7.77. The number of para-hydroxylation sites is 1. The molecule has 0 aliphatic rings. The highest BCUT2D eigenvalue weighted by molar-refractivity contribution is 7.91. The fourth-order valence-corrected chi connectivity index (χ4v) is 3.81. The summed E-state index contributed by atoms with van der Waals surface area (Å²) in [7, 11) is 0.